The fourth-order valence-electron chi connectivity index (χ4n) is 3.42. The van der Waals surface area contributed by atoms with Gasteiger partial charge in [-0.05, 0) is 69.8 Å². The number of likely N-dealkylation sites (tertiary alicyclic amines) is 1. The fourth-order valence-corrected chi connectivity index (χ4v) is 3.62. The summed E-state index contributed by atoms with van der Waals surface area (Å²) >= 11 is 6.09. The van der Waals surface area contributed by atoms with E-state index in [0.717, 1.165) is 10.9 Å². The van der Waals surface area contributed by atoms with Crippen molar-refractivity contribution in [3.05, 3.63) is 34.9 Å². The minimum Gasteiger partial charge on any atom is -0.307 e. The van der Waals surface area contributed by atoms with E-state index in [1.165, 1.54) is 44.5 Å². The summed E-state index contributed by atoms with van der Waals surface area (Å²) in [6.45, 7) is 10.6. The summed E-state index contributed by atoms with van der Waals surface area (Å²) in [5, 5.41) is 4.59. The summed E-state index contributed by atoms with van der Waals surface area (Å²) in [5.74, 6) is 0.756. The summed E-state index contributed by atoms with van der Waals surface area (Å²) < 4.78 is 0. The monoisotopic (exact) mass is 308 g/mol. The quantitative estimate of drug-likeness (QED) is 0.832. The van der Waals surface area contributed by atoms with Crippen molar-refractivity contribution in [2.24, 2.45) is 5.92 Å². The molecule has 0 aliphatic carbocycles. The van der Waals surface area contributed by atoms with E-state index in [4.69, 9.17) is 11.6 Å². The normalized spacial score (nSPS) is 23.0. The maximum absolute atomic E-state index is 6.09. The van der Waals surface area contributed by atoms with E-state index in [1.54, 1.807) is 0 Å². The maximum atomic E-state index is 6.09. The van der Waals surface area contributed by atoms with E-state index in [-0.39, 0.29) is 0 Å². The summed E-state index contributed by atoms with van der Waals surface area (Å²) in [5.41, 5.74) is 1.27. The van der Waals surface area contributed by atoms with Crippen LogP contribution in [0.2, 0.25) is 5.02 Å². The van der Waals surface area contributed by atoms with Gasteiger partial charge in [-0.3, -0.25) is 0 Å². The molecule has 1 aromatic carbocycles. The van der Waals surface area contributed by atoms with Gasteiger partial charge in [0, 0.05) is 23.7 Å². The molecule has 0 amide bonds. The molecule has 1 aliphatic rings. The second-order valence-corrected chi connectivity index (χ2v) is 6.87. The zero-order valence-electron chi connectivity index (χ0n) is 13.6. The van der Waals surface area contributed by atoms with Gasteiger partial charge < -0.3 is 10.2 Å². The Bertz CT molecular complexity index is 433. The van der Waals surface area contributed by atoms with Crippen LogP contribution in [0.1, 0.15) is 51.6 Å². The van der Waals surface area contributed by atoms with Gasteiger partial charge >= 0.3 is 0 Å². The smallest absolute Gasteiger partial charge is 0.0409 e. The molecular weight excluding hydrogens is 280 g/mol. The third-order valence-electron chi connectivity index (χ3n) is 4.65. The van der Waals surface area contributed by atoms with E-state index in [1.807, 2.05) is 12.1 Å². The zero-order chi connectivity index (χ0) is 15.2. The number of nitrogens with one attached hydrogen (secondary N) is 1. The first-order valence-corrected chi connectivity index (χ1v) is 8.71. The van der Waals surface area contributed by atoms with Crippen LogP contribution >= 0.6 is 11.6 Å². The molecule has 0 radical (unpaired) electrons. The zero-order valence-corrected chi connectivity index (χ0v) is 14.4. The number of piperidine rings is 1. The van der Waals surface area contributed by atoms with Crippen molar-refractivity contribution in [2.75, 3.05) is 19.6 Å². The van der Waals surface area contributed by atoms with E-state index < -0.39 is 0 Å². The molecule has 3 heteroatoms. The highest BCUT2D eigenvalue weighted by Gasteiger charge is 2.25. The summed E-state index contributed by atoms with van der Waals surface area (Å²) in [7, 11) is 0. The standard InChI is InChI=1S/C18H29ClN2/c1-4-10-21-11-6-8-17(13-21)15(3)20-14(2)16-7-5-9-18(19)12-16/h5,7,9,12,14-15,17,20H,4,6,8,10-11,13H2,1-3H3. The molecule has 0 aromatic heterocycles. The molecule has 2 rings (SSSR count). The third kappa shape index (κ3) is 4.98. The fraction of sp³-hybridized carbons (Fsp3) is 0.667. The molecule has 1 aliphatic heterocycles. The molecule has 0 bridgehead atoms. The second kappa shape index (κ2) is 8.17. The molecule has 1 heterocycles. The van der Waals surface area contributed by atoms with E-state index >= 15 is 0 Å². The van der Waals surface area contributed by atoms with Crippen molar-refractivity contribution in [3.63, 3.8) is 0 Å². The molecule has 118 valence electrons. The number of hydrogen-bond donors (Lipinski definition) is 1. The van der Waals surface area contributed by atoms with Gasteiger partial charge in [0.25, 0.3) is 0 Å². The molecule has 1 N–H and O–H groups in total. The number of hydrogen-bond acceptors (Lipinski definition) is 2. The molecule has 1 fully saturated rings. The minimum absolute atomic E-state index is 0.347. The van der Waals surface area contributed by atoms with Crippen LogP contribution in [0.15, 0.2) is 24.3 Å². The molecule has 3 unspecified atom stereocenters. The number of benzene rings is 1. The molecule has 2 nitrogen and oxygen atoms in total. The second-order valence-electron chi connectivity index (χ2n) is 6.43. The highest BCUT2D eigenvalue weighted by molar-refractivity contribution is 6.30. The van der Waals surface area contributed by atoms with Crippen LogP contribution < -0.4 is 5.32 Å². The first kappa shape index (κ1) is 16.8. The van der Waals surface area contributed by atoms with Crippen LogP contribution in [0.5, 0.6) is 0 Å². The first-order chi connectivity index (χ1) is 10.1. The van der Waals surface area contributed by atoms with Crippen molar-refractivity contribution in [2.45, 2.75) is 52.1 Å². The summed E-state index contributed by atoms with van der Waals surface area (Å²) in [6, 6.07) is 9.07. The van der Waals surface area contributed by atoms with Crippen molar-refractivity contribution in [3.8, 4) is 0 Å². The van der Waals surface area contributed by atoms with Gasteiger partial charge in [0.2, 0.25) is 0 Å². The Morgan fingerprint density at radius 3 is 2.90 bits per heavy atom. The molecule has 1 aromatic rings. The van der Waals surface area contributed by atoms with Gasteiger partial charge in [0.05, 0.1) is 0 Å². The largest absolute Gasteiger partial charge is 0.307 e. The topological polar surface area (TPSA) is 15.3 Å². The molecule has 0 spiro atoms. The predicted octanol–water partition coefficient (Wildman–Crippen LogP) is 4.50. The van der Waals surface area contributed by atoms with Crippen LogP contribution in [0.4, 0.5) is 0 Å². The van der Waals surface area contributed by atoms with Gasteiger partial charge in [-0.25, -0.2) is 0 Å². The Kier molecular flexibility index (Phi) is 6.53. The van der Waals surface area contributed by atoms with Crippen molar-refractivity contribution < 1.29 is 0 Å². The van der Waals surface area contributed by atoms with Crippen LogP contribution in [-0.2, 0) is 0 Å². The van der Waals surface area contributed by atoms with Gasteiger partial charge in [-0.1, -0.05) is 30.7 Å². The number of halogens is 1. The summed E-state index contributed by atoms with van der Waals surface area (Å²) in [6.07, 6.45) is 3.94. The number of rotatable bonds is 6. The van der Waals surface area contributed by atoms with Gasteiger partial charge in [-0.2, -0.15) is 0 Å². The molecule has 21 heavy (non-hydrogen) atoms. The predicted molar refractivity (Wildman–Crippen MR) is 91.9 cm³/mol. The van der Waals surface area contributed by atoms with Gasteiger partial charge in [0.15, 0.2) is 0 Å². The third-order valence-corrected chi connectivity index (χ3v) is 4.89. The van der Waals surface area contributed by atoms with Crippen LogP contribution in [-0.4, -0.2) is 30.6 Å². The lowest BCUT2D eigenvalue weighted by Crippen LogP contribution is -2.45. The maximum Gasteiger partial charge on any atom is 0.0409 e. The molecule has 0 saturated carbocycles. The van der Waals surface area contributed by atoms with Crippen molar-refractivity contribution in [1.82, 2.24) is 10.2 Å². The van der Waals surface area contributed by atoms with Crippen LogP contribution in [0.3, 0.4) is 0 Å². The first-order valence-electron chi connectivity index (χ1n) is 8.34. The van der Waals surface area contributed by atoms with E-state index in [9.17, 15) is 0 Å². The van der Waals surface area contributed by atoms with Gasteiger partial charge in [-0.15, -0.1) is 0 Å². The lowest BCUT2D eigenvalue weighted by atomic mass is 9.90. The summed E-state index contributed by atoms with van der Waals surface area (Å²) in [4.78, 5) is 2.62. The average Bonchev–Trinajstić information content (AvgIpc) is 2.48. The van der Waals surface area contributed by atoms with Crippen molar-refractivity contribution >= 4 is 11.6 Å². The Hall–Kier alpha value is -0.570. The average molecular weight is 309 g/mol. The lowest BCUT2D eigenvalue weighted by molar-refractivity contribution is 0.147. The van der Waals surface area contributed by atoms with E-state index in [0.29, 0.717) is 12.1 Å². The molecule has 3 atom stereocenters. The highest BCUT2D eigenvalue weighted by Crippen LogP contribution is 2.23. The van der Waals surface area contributed by atoms with E-state index in [2.05, 4.69) is 43.1 Å². The number of nitrogens with zero attached hydrogens (tertiary/aromatic N) is 1. The van der Waals surface area contributed by atoms with Crippen molar-refractivity contribution in [1.29, 1.82) is 0 Å². The Morgan fingerprint density at radius 2 is 2.19 bits per heavy atom. The lowest BCUT2D eigenvalue weighted by Gasteiger charge is -2.37. The SMILES string of the molecule is CCCN1CCCC(C(C)NC(C)c2cccc(Cl)c2)C1. The molecular formula is C18H29ClN2. The Labute approximate surface area is 134 Å². The highest BCUT2D eigenvalue weighted by atomic mass is 35.5. The minimum atomic E-state index is 0.347. The van der Waals surface area contributed by atoms with Gasteiger partial charge in [0.1, 0.15) is 0 Å². The van der Waals surface area contributed by atoms with Crippen LogP contribution in [0, 0.1) is 5.92 Å². The Morgan fingerprint density at radius 1 is 1.38 bits per heavy atom. The Balaban J connectivity index is 1.89. The molecule has 1 saturated heterocycles. The van der Waals surface area contributed by atoms with Crippen LogP contribution in [0.25, 0.3) is 0 Å².